The molecule has 0 fully saturated rings. The largest absolute Gasteiger partial charge is 0.459 e. The van der Waals surface area contributed by atoms with Crippen molar-refractivity contribution < 1.29 is 14.3 Å². The van der Waals surface area contributed by atoms with Crippen LogP contribution in [0.4, 0.5) is 5.69 Å². The molecule has 1 amide bonds. The molecule has 1 atom stereocenters. The van der Waals surface area contributed by atoms with Crippen LogP contribution >= 0.6 is 35.4 Å². The highest BCUT2D eigenvalue weighted by Gasteiger charge is 2.33. The minimum absolute atomic E-state index is 0.241. The molecule has 1 aliphatic heterocycles. The van der Waals surface area contributed by atoms with Gasteiger partial charge in [0, 0.05) is 18.4 Å². The minimum Gasteiger partial charge on any atom is -0.459 e. The van der Waals surface area contributed by atoms with Crippen LogP contribution in [0.2, 0.25) is 0 Å². The van der Waals surface area contributed by atoms with E-state index in [0.29, 0.717) is 16.4 Å². The van der Waals surface area contributed by atoms with Crippen molar-refractivity contribution in [1.29, 1.82) is 0 Å². The summed E-state index contributed by atoms with van der Waals surface area (Å²) in [5, 5.41) is 6.26. The monoisotopic (exact) mass is 429 g/mol. The second-order valence-electron chi connectivity index (χ2n) is 6.31. The van der Waals surface area contributed by atoms with Crippen molar-refractivity contribution in [3.8, 4) is 0 Å². The number of nitrogens with zero attached hydrogens (tertiary/aromatic N) is 1. The first kappa shape index (κ1) is 21.5. The third kappa shape index (κ3) is 5.12. The Morgan fingerprint density at radius 2 is 1.85 bits per heavy atom. The zero-order chi connectivity index (χ0) is 20.3. The van der Waals surface area contributed by atoms with E-state index in [2.05, 4.69) is 10.6 Å². The lowest BCUT2D eigenvalue weighted by Gasteiger charge is -2.35. The molecule has 1 aromatic rings. The van der Waals surface area contributed by atoms with Crippen LogP contribution in [-0.2, 0) is 14.3 Å². The van der Waals surface area contributed by atoms with Gasteiger partial charge in [-0.1, -0.05) is 35.3 Å². The standard InChI is InChI=1S/C18H21Cl2N3O3S/c1-9(2)26-17(25)13-10(3)23(4)18(27)22-14(13)11-5-7-12(8-6-11)21-16(24)15(19)20/h5-9,14-15H,1-4H3,(H,21,24)(H,22,27). The number of carbonyl (C=O) groups is 2. The van der Waals surface area contributed by atoms with Crippen molar-refractivity contribution in [1.82, 2.24) is 10.2 Å². The summed E-state index contributed by atoms with van der Waals surface area (Å²) in [4.78, 5) is 24.8. The van der Waals surface area contributed by atoms with E-state index in [1.165, 1.54) is 0 Å². The maximum atomic E-state index is 12.7. The summed E-state index contributed by atoms with van der Waals surface area (Å²) in [5.74, 6) is -0.916. The fraction of sp³-hybridized carbons (Fsp3) is 0.389. The molecular weight excluding hydrogens is 409 g/mol. The molecule has 1 unspecified atom stereocenters. The second kappa shape index (κ2) is 8.91. The van der Waals surface area contributed by atoms with Gasteiger partial charge in [0.1, 0.15) is 0 Å². The molecule has 0 saturated heterocycles. The van der Waals surface area contributed by atoms with Gasteiger partial charge < -0.3 is 20.3 Å². The average molecular weight is 430 g/mol. The normalized spacial score (nSPS) is 17.3. The van der Waals surface area contributed by atoms with Crippen LogP contribution in [0, 0.1) is 0 Å². The summed E-state index contributed by atoms with van der Waals surface area (Å²) < 4.78 is 5.41. The summed E-state index contributed by atoms with van der Waals surface area (Å²) >= 11 is 16.4. The molecule has 0 aliphatic carbocycles. The molecule has 0 radical (unpaired) electrons. The van der Waals surface area contributed by atoms with Crippen molar-refractivity contribution in [3.05, 3.63) is 41.1 Å². The lowest BCUT2D eigenvalue weighted by atomic mass is 9.95. The number of thiocarbonyl (C=S) groups is 1. The van der Waals surface area contributed by atoms with Gasteiger partial charge in [-0.3, -0.25) is 4.79 Å². The number of benzene rings is 1. The molecule has 1 heterocycles. The maximum Gasteiger partial charge on any atom is 0.338 e. The highest BCUT2D eigenvalue weighted by atomic mass is 35.5. The number of esters is 1. The number of allylic oxidation sites excluding steroid dienone is 1. The molecule has 27 heavy (non-hydrogen) atoms. The molecule has 0 bridgehead atoms. The third-order valence-electron chi connectivity index (χ3n) is 4.03. The summed E-state index contributed by atoms with van der Waals surface area (Å²) in [7, 11) is 1.79. The van der Waals surface area contributed by atoms with Crippen LogP contribution in [0.5, 0.6) is 0 Å². The number of carbonyl (C=O) groups excluding carboxylic acids is 2. The molecule has 1 aromatic carbocycles. The summed E-state index contributed by atoms with van der Waals surface area (Å²) in [5.41, 5.74) is 2.54. The fourth-order valence-corrected chi connectivity index (χ4v) is 2.95. The molecule has 0 saturated carbocycles. The Labute approximate surface area is 173 Å². The number of anilines is 1. The predicted octanol–water partition coefficient (Wildman–Crippen LogP) is 3.52. The van der Waals surface area contributed by atoms with Crippen LogP contribution in [0.3, 0.4) is 0 Å². The Bertz CT molecular complexity index is 779. The van der Waals surface area contributed by atoms with E-state index in [-0.39, 0.29) is 6.10 Å². The number of alkyl halides is 2. The molecule has 2 rings (SSSR count). The van der Waals surface area contributed by atoms with Gasteiger partial charge in [-0.25, -0.2) is 4.79 Å². The highest BCUT2D eigenvalue weighted by Crippen LogP contribution is 2.31. The molecule has 9 heteroatoms. The van der Waals surface area contributed by atoms with Gasteiger partial charge in [-0.2, -0.15) is 0 Å². The van der Waals surface area contributed by atoms with E-state index in [0.717, 1.165) is 11.3 Å². The Kier molecular flexibility index (Phi) is 7.08. The highest BCUT2D eigenvalue weighted by molar-refractivity contribution is 7.80. The fourth-order valence-electron chi connectivity index (χ4n) is 2.58. The third-order valence-corrected chi connectivity index (χ3v) is 4.81. The van der Waals surface area contributed by atoms with E-state index in [4.69, 9.17) is 40.2 Å². The van der Waals surface area contributed by atoms with Crippen LogP contribution in [0.25, 0.3) is 0 Å². The van der Waals surface area contributed by atoms with Crippen molar-refractivity contribution in [2.24, 2.45) is 0 Å². The molecule has 1 aliphatic rings. The summed E-state index contributed by atoms with van der Waals surface area (Å²) in [6.45, 7) is 5.42. The minimum atomic E-state index is -1.15. The maximum absolute atomic E-state index is 12.7. The van der Waals surface area contributed by atoms with E-state index in [9.17, 15) is 9.59 Å². The molecule has 146 valence electrons. The number of rotatable bonds is 5. The molecule has 6 nitrogen and oxygen atoms in total. The molecule has 0 spiro atoms. The SMILES string of the molecule is CC1=C(C(=O)OC(C)C)C(c2ccc(NC(=O)C(Cl)Cl)cc2)NC(=S)N1C. The first-order chi connectivity index (χ1) is 12.6. The van der Waals surface area contributed by atoms with E-state index in [1.807, 2.05) is 6.92 Å². The molecular formula is C18H21Cl2N3O3S. The topological polar surface area (TPSA) is 70.7 Å². The summed E-state index contributed by atoms with van der Waals surface area (Å²) in [6, 6.07) is 6.52. The van der Waals surface area contributed by atoms with Crippen LogP contribution < -0.4 is 10.6 Å². The van der Waals surface area contributed by atoms with E-state index >= 15 is 0 Å². The number of amides is 1. The first-order valence-electron chi connectivity index (χ1n) is 8.26. The van der Waals surface area contributed by atoms with Crippen LogP contribution in [0.15, 0.2) is 35.5 Å². The van der Waals surface area contributed by atoms with E-state index < -0.39 is 22.8 Å². The lowest BCUT2D eigenvalue weighted by Crippen LogP contribution is -2.46. The number of hydrogen-bond donors (Lipinski definition) is 2. The van der Waals surface area contributed by atoms with E-state index in [1.54, 1.807) is 50.1 Å². The van der Waals surface area contributed by atoms with Crippen LogP contribution in [0.1, 0.15) is 32.4 Å². The number of halogens is 2. The Balaban J connectivity index is 2.34. The second-order valence-corrected chi connectivity index (χ2v) is 7.79. The van der Waals surface area contributed by atoms with Crippen LogP contribution in [-0.4, -0.2) is 39.9 Å². The number of ether oxygens (including phenoxy) is 1. The van der Waals surface area contributed by atoms with Gasteiger partial charge in [-0.05, 0) is 50.7 Å². The zero-order valence-electron chi connectivity index (χ0n) is 15.4. The Morgan fingerprint density at radius 1 is 1.26 bits per heavy atom. The van der Waals surface area contributed by atoms with Gasteiger partial charge in [0.2, 0.25) is 0 Å². The smallest absolute Gasteiger partial charge is 0.338 e. The van der Waals surface area contributed by atoms with Gasteiger partial charge in [0.15, 0.2) is 9.95 Å². The zero-order valence-corrected chi connectivity index (χ0v) is 17.7. The van der Waals surface area contributed by atoms with Gasteiger partial charge in [0.25, 0.3) is 5.91 Å². The van der Waals surface area contributed by atoms with Gasteiger partial charge in [-0.15, -0.1) is 0 Å². The van der Waals surface area contributed by atoms with Crippen molar-refractivity contribution >= 4 is 58.1 Å². The number of nitrogens with one attached hydrogen (secondary N) is 2. The lowest BCUT2D eigenvalue weighted by molar-refractivity contribution is -0.143. The van der Waals surface area contributed by atoms with Crippen molar-refractivity contribution in [3.63, 3.8) is 0 Å². The first-order valence-corrected chi connectivity index (χ1v) is 9.54. The molecule has 2 N–H and O–H groups in total. The quantitative estimate of drug-likeness (QED) is 0.423. The summed E-state index contributed by atoms with van der Waals surface area (Å²) in [6.07, 6.45) is -0.241. The van der Waals surface area contributed by atoms with Crippen molar-refractivity contribution in [2.45, 2.75) is 37.8 Å². The molecule has 0 aromatic heterocycles. The van der Waals surface area contributed by atoms with Gasteiger partial charge >= 0.3 is 5.97 Å². The Morgan fingerprint density at radius 3 is 2.37 bits per heavy atom. The average Bonchev–Trinajstić information content (AvgIpc) is 2.59. The van der Waals surface area contributed by atoms with Crippen molar-refractivity contribution in [2.75, 3.05) is 12.4 Å². The Hall–Kier alpha value is -1.83. The van der Waals surface area contributed by atoms with Gasteiger partial charge in [0.05, 0.1) is 17.7 Å². The number of hydrogen-bond acceptors (Lipinski definition) is 4. The predicted molar refractivity (Wildman–Crippen MR) is 111 cm³/mol.